The Morgan fingerprint density at radius 1 is 1.75 bits per heavy atom. The second-order valence-electron chi connectivity index (χ2n) is 4.27. The van der Waals surface area contributed by atoms with Gasteiger partial charge in [-0.15, -0.1) is 0 Å². The SMILES string of the molecule is CC(C)(CCn1cc([N+](=O)[O-])cn1)C(=N)N. The molecule has 0 unspecified atom stereocenters. The molecule has 0 radical (unpaired) electrons. The van der Waals surface area contributed by atoms with Crippen LogP contribution in [-0.2, 0) is 6.54 Å². The van der Waals surface area contributed by atoms with Gasteiger partial charge in [-0.2, -0.15) is 5.10 Å². The first kappa shape index (κ1) is 12.2. The first-order valence-electron chi connectivity index (χ1n) is 4.84. The lowest BCUT2D eigenvalue weighted by atomic mass is 9.88. The summed E-state index contributed by atoms with van der Waals surface area (Å²) in [6.45, 7) is 4.21. The summed E-state index contributed by atoms with van der Waals surface area (Å²) in [7, 11) is 0. The molecule has 1 aromatic rings. The lowest BCUT2D eigenvalue weighted by molar-refractivity contribution is -0.385. The number of amidine groups is 1. The maximum absolute atomic E-state index is 10.4. The van der Waals surface area contributed by atoms with Crippen molar-refractivity contribution in [1.29, 1.82) is 5.41 Å². The topological polar surface area (TPSA) is 111 Å². The van der Waals surface area contributed by atoms with E-state index in [9.17, 15) is 10.1 Å². The zero-order chi connectivity index (χ0) is 12.3. The van der Waals surface area contributed by atoms with Gasteiger partial charge < -0.3 is 5.73 Å². The summed E-state index contributed by atoms with van der Waals surface area (Å²) in [5, 5.41) is 21.7. The molecule has 0 bridgehead atoms. The molecule has 0 atom stereocenters. The minimum atomic E-state index is -0.486. The highest BCUT2D eigenvalue weighted by Gasteiger charge is 2.21. The van der Waals surface area contributed by atoms with Crippen molar-refractivity contribution in [2.45, 2.75) is 26.8 Å². The van der Waals surface area contributed by atoms with Gasteiger partial charge in [0, 0.05) is 12.0 Å². The van der Waals surface area contributed by atoms with Crippen LogP contribution in [0, 0.1) is 20.9 Å². The van der Waals surface area contributed by atoms with E-state index in [1.807, 2.05) is 13.8 Å². The van der Waals surface area contributed by atoms with Crippen LogP contribution < -0.4 is 5.73 Å². The number of hydrogen-bond donors (Lipinski definition) is 2. The third-order valence-electron chi connectivity index (χ3n) is 2.53. The van der Waals surface area contributed by atoms with Gasteiger partial charge in [0.2, 0.25) is 0 Å². The van der Waals surface area contributed by atoms with Gasteiger partial charge in [0.05, 0.1) is 10.8 Å². The van der Waals surface area contributed by atoms with Gasteiger partial charge in [-0.25, -0.2) is 0 Å². The molecule has 0 spiro atoms. The summed E-state index contributed by atoms with van der Waals surface area (Å²) in [5.74, 6) is 0.106. The van der Waals surface area contributed by atoms with E-state index in [-0.39, 0.29) is 11.5 Å². The number of nitrogens with two attached hydrogens (primary N) is 1. The van der Waals surface area contributed by atoms with Crippen LogP contribution in [0.3, 0.4) is 0 Å². The molecule has 0 saturated heterocycles. The molecule has 1 heterocycles. The van der Waals surface area contributed by atoms with Crippen molar-refractivity contribution in [3.8, 4) is 0 Å². The average molecular weight is 225 g/mol. The fraction of sp³-hybridized carbons (Fsp3) is 0.556. The minimum absolute atomic E-state index is 0.0272. The van der Waals surface area contributed by atoms with Gasteiger partial charge >= 0.3 is 5.69 Å². The molecule has 0 aromatic carbocycles. The third kappa shape index (κ3) is 2.78. The van der Waals surface area contributed by atoms with Crippen LogP contribution in [0.2, 0.25) is 0 Å². The Bertz CT molecular complexity index is 410. The molecule has 16 heavy (non-hydrogen) atoms. The van der Waals surface area contributed by atoms with E-state index in [0.717, 1.165) is 0 Å². The second kappa shape index (κ2) is 4.30. The van der Waals surface area contributed by atoms with Crippen molar-refractivity contribution in [2.24, 2.45) is 11.1 Å². The lowest BCUT2D eigenvalue weighted by Gasteiger charge is -2.22. The Balaban J connectivity index is 2.61. The summed E-state index contributed by atoms with van der Waals surface area (Å²) in [6.07, 6.45) is 3.19. The van der Waals surface area contributed by atoms with Gasteiger partial charge in [0.25, 0.3) is 0 Å². The number of aryl methyl sites for hydroxylation is 1. The quantitative estimate of drug-likeness (QED) is 0.338. The molecule has 0 amide bonds. The van der Waals surface area contributed by atoms with Crippen molar-refractivity contribution in [1.82, 2.24) is 9.78 Å². The Morgan fingerprint density at radius 3 is 2.81 bits per heavy atom. The third-order valence-corrected chi connectivity index (χ3v) is 2.53. The molecule has 0 saturated carbocycles. The molecule has 0 fully saturated rings. The van der Waals surface area contributed by atoms with Crippen LogP contribution in [-0.4, -0.2) is 20.5 Å². The van der Waals surface area contributed by atoms with Crippen molar-refractivity contribution >= 4 is 11.5 Å². The minimum Gasteiger partial charge on any atom is -0.387 e. The summed E-state index contributed by atoms with van der Waals surface area (Å²) >= 11 is 0. The number of aromatic nitrogens is 2. The number of nitrogens with one attached hydrogen (secondary N) is 1. The summed E-state index contributed by atoms with van der Waals surface area (Å²) in [4.78, 5) is 9.94. The van der Waals surface area contributed by atoms with Crippen molar-refractivity contribution in [2.75, 3.05) is 0 Å². The van der Waals surface area contributed by atoms with E-state index < -0.39 is 10.3 Å². The molecule has 3 N–H and O–H groups in total. The van der Waals surface area contributed by atoms with Crippen molar-refractivity contribution in [3.05, 3.63) is 22.5 Å². The molecule has 1 rings (SSSR count). The van der Waals surface area contributed by atoms with Crippen molar-refractivity contribution < 1.29 is 4.92 Å². The van der Waals surface area contributed by atoms with E-state index in [1.165, 1.54) is 17.1 Å². The van der Waals surface area contributed by atoms with Crippen LogP contribution in [0.1, 0.15) is 20.3 Å². The highest BCUT2D eigenvalue weighted by molar-refractivity contribution is 5.82. The number of nitrogens with zero attached hydrogens (tertiary/aromatic N) is 3. The summed E-state index contributed by atoms with van der Waals surface area (Å²) in [6, 6.07) is 0. The average Bonchev–Trinajstić information content (AvgIpc) is 2.63. The van der Waals surface area contributed by atoms with Crippen LogP contribution in [0.5, 0.6) is 0 Å². The highest BCUT2D eigenvalue weighted by Crippen LogP contribution is 2.20. The van der Waals surface area contributed by atoms with Gasteiger partial charge in [-0.3, -0.25) is 20.2 Å². The fourth-order valence-electron chi connectivity index (χ4n) is 1.10. The predicted octanol–water partition coefficient (Wildman–Crippen LogP) is 1.14. The zero-order valence-corrected chi connectivity index (χ0v) is 9.30. The van der Waals surface area contributed by atoms with Crippen LogP contribution in [0.25, 0.3) is 0 Å². The first-order chi connectivity index (χ1) is 7.33. The monoisotopic (exact) mass is 225 g/mol. The van der Waals surface area contributed by atoms with Gasteiger partial charge in [0.1, 0.15) is 12.4 Å². The fourth-order valence-corrected chi connectivity index (χ4v) is 1.10. The second-order valence-corrected chi connectivity index (χ2v) is 4.27. The molecule has 7 heteroatoms. The smallest absolute Gasteiger partial charge is 0.306 e. The largest absolute Gasteiger partial charge is 0.387 e. The highest BCUT2D eigenvalue weighted by atomic mass is 16.6. The maximum atomic E-state index is 10.4. The van der Waals surface area contributed by atoms with Gasteiger partial charge in [-0.1, -0.05) is 13.8 Å². The van der Waals surface area contributed by atoms with E-state index in [0.29, 0.717) is 13.0 Å². The van der Waals surface area contributed by atoms with E-state index in [2.05, 4.69) is 5.10 Å². The molecule has 0 aliphatic carbocycles. The summed E-state index contributed by atoms with van der Waals surface area (Å²) in [5.41, 5.74) is 4.99. The first-order valence-corrected chi connectivity index (χ1v) is 4.84. The molecular weight excluding hydrogens is 210 g/mol. The zero-order valence-electron chi connectivity index (χ0n) is 9.30. The Morgan fingerprint density at radius 2 is 2.38 bits per heavy atom. The normalized spacial score (nSPS) is 11.4. The van der Waals surface area contributed by atoms with E-state index >= 15 is 0 Å². The molecular formula is C9H15N5O2. The maximum Gasteiger partial charge on any atom is 0.306 e. The lowest BCUT2D eigenvalue weighted by Crippen LogP contribution is -2.31. The predicted molar refractivity (Wildman–Crippen MR) is 59.2 cm³/mol. The van der Waals surface area contributed by atoms with E-state index in [1.54, 1.807) is 0 Å². The van der Waals surface area contributed by atoms with Crippen LogP contribution in [0.4, 0.5) is 5.69 Å². The Labute approximate surface area is 92.9 Å². The Hall–Kier alpha value is -1.92. The molecule has 0 aliphatic rings. The number of rotatable bonds is 5. The van der Waals surface area contributed by atoms with E-state index in [4.69, 9.17) is 11.1 Å². The molecule has 7 nitrogen and oxygen atoms in total. The molecule has 0 aliphatic heterocycles. The number of hydrogen-bond acceptors (Lipinski definition) is 4. The standard InChI is InChI=1S/C9H15N5O2/c1-9(2,8(10)11)3-4-13-6-7(5-12-13)14(15)16/h5-6H,3-4H2,1-2H3,(H3,10,11). The van der Waals surface area contributed by atoms with Crippen LogP contribution >= 0.6 is 0 Å². The number of nitro groups is 1. The molecule has 88 valence electrons. The molecule has 1 aromatic heterocycles. The van der Waals surface area contributed by atoms with Gasteiger partial charge in [0.15, 0.2) is 0 Å². The summed E-state index contributed by atoms with van der Waals surface area (Å²) < 4.78 is 1.49. The van der Waals surface area contributed by atoms with Crippen molar-refractivity contribution in [3.63, 3.8) is 0 Å². The van der Waals surface area contributed by atoms with Crippen LogP contribution in [0.15, 0.2) is 12.4 Å². The Kier molecular flexibility index (Phi) is 3.26. The van der Waals surface area contributed by atoms with Gasteiger partial charge in [-0.05, 0) is 6.42 Å².